The predicted octanol–water partition coefficient (Wildman–Crippen LogP) is 2.10. The van der Waals surface area contributed by atoms with Crippen molar-refractivity contribution in [1.29, 1.82) is 5.26 Å². The number of benzene rings is 1. The Kier molecular flexibility index (Phi) is 7.72. The molecular weight excluding hydrogens is 527 g/mol. The lowest BCUT2D eigenvalue weighted by Gasteiger charge is -2.25. The molecule has 0 bridgehead atoms. The quantitative estimate of drug-likeness (QED) is 0.399. The zero-order chi connectivity index (χ0) is 28.5. The van der Waals surface area contributed by atoms with Crippen molar-refractivity contribution in [2.24, 2.45) is 13.0 Å². The van der Waals surface area contributed by atoms with Crippen molar-refractivity contribution in [3.05, 3.63) is 63.3 Å². The van der Waals surface area contributed by atoms with E-state index in [1.54, 1.807) is 13.1 Å². The summed E-state index contributed by atoms with van der Waals surface area (Å²) in [5.74, 6) is -1.24. The number of hydrogen-bond donors (Lipinski definition) is 1. The van der Waals surface area contributed by atoms with Gasteiger partial charge in [0.1, 0.15) is 34.3 Å². The van der Waals surface area contributed by atoms with Gasteiger partial charge in [0.15, 0.2) is 0 Å². The van der Waals surface area contributed by atoms with E-state index < -0.39 is 32.1 Å². The van der Waals surface area contributed by atoms with Crippen LogP contribution in [0.2, 0.25) is 0 Å². The van der Waals surface area contributed by atoms with Gasteiger partial charge in [-0.1, -0.05) is 19.9 Å². The summed E-state index contributed by atoms with van der Waals surface area (Å²) < 4.78 is 47.6. The molecular formula is C26H29FN6O5S. The fourth-order valence-electron chi connectivity index (χ4n) is 4.37. The normalized spacial score (nSPS) is 14.4. The smallest absolute Gasteiger partial charge is 0.263 e. The Morgan fingerprint density at radius 1 is 1.33 bits per heavy atom. The van der Waals surface area contributed by atoms with E-state index in [9.17, 15) is 22.4 Å². The molecule has 13 heteroatoms. The Bertz CT molecular complexity index is 1640. The van der Waals surface area contributed by atoms with Crippen LogP contribution < -0.4 is 15.6 Å². The molecule has 0 aliphatic heterocycles. The highest BCUT2D eigenvalue weighted by Gasteiger charge is 2.57. The summed E-state index contributed by atoms with van der Waals surface area (Å²) >= 11 is 0. The van der Waals surface area contributed by atoms with Crippen LogP contribution in [0.5, 0.6) is 5.88 Å². The van der Waals surface area contributed by atoms with Gasteiger partial charge in [0, 0.05) is 32.6 Å². The van der Waals surface area contributed by atoms with Gasteiger partial charge in [0.2, 0.25) is 10.0 Å². The SMILES string of the molecule is CC(C)CN(C)S(=O)(=O)C1(COc2nncc3cc(C(=O)NCc4ccc(C#N)c(F)c4)c(=O)n(C)c23)CC1. The van der Waals surface area contributed by atoms with E-state index in [2.05, 4.69) is 15.5 Å². The second-order valence-corrected chi connectivity index (χ2v) is 12.6. The first-order chi connectivity index (χ1) is 18.4. The first kappa shape index (κ1) is 28.1. The van der Waals surface area contributed by atoms with E-state index in [0.717, 1.165) is 6.07 Å². The van der Waals surface area contributed by atoms with Crippen LogP contribution in [0.25, 0.3) is 10.9 Å². The molecule has 3 aromatic rings. The van der Waals surface area contributed by atoms with Crippen molar-refractivity contribution in [2.75, 3.05) is 20.2 Å². The summed E-state index contributed by atoms with van der Waals surface area (Å²) in [4.78, 5) is 25.9. The van der Waals surface area contributed by atoms with Gasteiger partial charge in [-0.25, -0.2) is 17.1 Å². The van der Waals surface area contributed by atoms with E-state index in [-0.39, 0.29) is 41.6 Å². The third-order valence-corrected chi connectivity index (χ3v) is 9.29. The maximum Gasteiger partial charge on any atom is 0.263 e. The number of aromatic nitrogens is 3. The first-order valence-electron chi connectivity index (χ1n) is 12.3. The Labute approximate surface area is 225 Å². The Morgan fingerprint density at radius 3 is 2.67 bits per heavy atom. The highest BCUT2D eigenvalue weighted by Crippen LogP contribution is 2.45. The molecule has 1 saturated carbocycles. The summed E-state index contributed by atoms with van der Waals surface area (Å²) in [6, 6.07) is 7.04. The van der Waals surface area contributed by atoms with Gasteiger partial charge >= 0.3 is 0 Å². The molecule has 0 atom stereocenters. The number of rotatable bonds is 10. The Hall–Kier alpha value is -3.89. The van der Waals surface area contributed by atoms with Crippen LogP contribution in [0.4, 0.5) is 4.39 Å². The number of aryl methyl sites for hydroxylation is 1. The average Bonchev–Trinajstić information content (AvgIpc) is 3.69. The second kappa shape index (κ2) is 10.7. The average molecular weight is 557 g/mol. The molecule has 1 aliphatic carbocycles. The molecule has 1 aromatic carbocycles. The molecule has 4 rings (SSSR count). The number of nitrogens with one attached hydrogen (secondary N) is 1. The lowest BCUT2D eigenvalue weighted by Crippen LogP contribution is -2.42. The van der Waals surface area contributed by atoms with Crippen LogP contribution >= 0.6 is 0 Å². The van der Waals surface area contributed by atoms with Crippen LogP contribution in [0.3, 0.4) is 0 Å². The molecule has 0 radical (unpaired) electrons. The topological polar surface area (TPSA) is 147 Å². The highest BCUT2D eigenvalue weighted by atomic mass is 32.2. The maximum atomic E-state index is 13.9. The van der Waals surface area contributed by atoms with E-state index in [1.165, 1.54) is 40.3 Å². The van der Waals surface area contributed by atoms with Crippen molar-refractivity contribution in [2.45, 2.75) is 38.0 Å². The molecule has 0 spiro atoms. The van der Waals surface area contributed by atoms with Crippen LogP contribution in [-0.4, -0.2) is 58.3 Å². The van der Waals surface area contributed by atoms with Crippen LogP contribution in [0.1, 0.15) is 48.2 Å². The molecule has 1 fully saturated rings. The molecule has 2 aromatic heterocycles. The standard InChI is InChI=1S/C26H29FN6O5S/c1-16(2)14-32(3)39(36,37)26(7-8-26)15-38-24-22-19(13-30-31-24)10-20(25(35)33(22)4)23(34)29-12-17-5-6-18(11-28)21(27)9-17/h5-6,9-10,13,16H,7-8,12,14-15H2,1-4H3,(H,29,34). The number of pyridine rings is 1. The van der Waals surface area contributed by atoms with Gasteiger partial charge in [-0.2, -0.15) is 10.4 Å². The zero-order valence-corrected chi connectivity index (χ0v) is 22.9. The maximum absolute atomic E-state index is 13.9. The monoisotopic (exact) mass is 556 g/mol. The van der Waals surface area contributed by atoms with E-state index >= 15 is 0 Å². The molecule has 39 heavy (non-hydrogen) atoms. The van der Waals surface area contributed by atoms with E-state index in [0.29, 0.717) is 30.3 Å². The molecule has 1 amide bonds. The van der Waals surface area contributed by atoms with Gasteiger partial charge in [0.05, 0.1) is 11.8 Å². The number of nitrogens with zero attached hydrogens (tertiary/aromatic N) is 5. The van der Waals surface area contributed by atoms with E-state index in [1.807, 2.05) is 13.8 Å². The fraction of sp³-hybridized carbons (Fsp3) is 0.423. The number of hydrogen-bond acceptors (Lipinski definition) is 8. The largest absolute Gasteiger partial charge is 0.473 e. The van der Waals surface area contributed by atoms with Crippen LogP contribution in [0.15, 0.2) is 35.3 Å². The highest BCUT2D eigenvalue weighted by molar-refractivity contribution is 7.90. The predicted molar refractivity (Wildman–Crippen MR) is 141 cm³/mol. The molecule has 1 aliphatic rings. The van der Waals surface area contributed by atoms with Gasteiger partial charge < -0.3 is 14.6 Å². The number of ether oxygens (including phenoxy) is 1. The van der Waals surface area contributed by atoms with Crippen LogP contribution in [0, 0.1) is 23.1 Å². The summed E-state index contributed by atoms with van der Waals surface area (Å²) in [5.41, 5.74) is -0.226. The minimum Gasteiger partial charge on any atom is -0.473 e. The van der Waals surface area contributed by atoms with E-state index in [4.69, 9.17) is 10.00 Å². The van der Waals surface area contributed by atoms with Gasteiger partial charge in [0.25, 0.3) is 17.3 Å². The lowest BCUT2D eigenvalue weighted by atomic mass is 10.1. The third-order valence-electron chi connectivity index (χ3n) is 6.70. The van der Waals surface area contributed by atoms with Gasteiger partial charge in [-0.05, 0) is 42.5 Å². The number of carbonyl (C=O) groups excluding carboxylic acids is 1. The summed E-state index contributed by atoms with van der Waals surface area (Å²) in [6.07, 6.45) is 2.26. The molecule has 0 saturated heterocycles. The number of nitriles is 1. The molecule has 0 unspecified atom stereocenters. The molecule has 11 nitrogen and oxygen atoms in total. The molecule has 206 valence electrons. The molecule has 1 N–H and O–H groups in total. The Balaban J connectivity index is 1.55. The van der Waals surface area contributed by atoms with Crippen LogP contribution in [-0.2, 0) is 23.6 Å². The van der Waals surface area contributed by atoms with Crippen molar-refractivity contribution in [3.63, 3.8) is 0 Å². The second-order valence-electron chi connectivity index (χ2n) is 10.1. The third kappa shape index (κ3) is 5.48. The zero-order valence-electron chi connectivity index (χ0n) is 22.1. The summed E-state index contributed by atoms with van der Waals surface area (Å²) in [5, 5.41) is 19.7. The van der Waals surface area contributed by atoms with Gasteiger partial charge in [-0.3, -0.25) is 9.59 Å². The minimum absolute atomic E-state index is 0.0138. The number of carbonyl (C=O) groups is 1. The van der Waals surface area contributed by atoms with Crippen molar-refractivity contribution in [1.82, 2.24) is 24.4 Å². The summed E-state index contributed by atoms with van der Waals surface area (Å²) in [6.45, 7) is 4.06. The van der Waals surface area contributed by atoms with Gasteiger partial charge in [-0.15, -0.1) is 5.10 Å². The van der Waals surface area contributed by atoms with Crippen molar-refractivity contribution in [3.8, 4) is 11.9 Å². The number of amides is 1. The van der Waals surface area contributed by atoms with Crippen molar-refractivity contribution < 1.29 is 22.3 Å². The lowest BCUT2D eigenvalue weighted by molar-refractivity contribution is 0.0949. The van der Waals surface area contributed by atoms with Crippen molar-refractivity contribution >= 4 is 26.8 Å². The molecule has 2 heterocycles. The summed E-state index contributed by atoms with van der Waals surface area (Å²) in [7, 11) is -0.612. The number of fused-ring (bicyclic) bond motifs is 1. The number of halogens is 1. The fourth-order valence-corrected chi connectivity index (χ4v) is 6.35. The minimum atomic E-state index is -3.62. The Morgan fingerprint density at radius 2 is 2.05 bits per heavy atom. The first-order valence-corrected chi connectivity index (χ1v) is 13.7. The number of sulfonamides is 1.